The van der Waals surface area contributed by atoms with Gasteiger partial charge in [0.25, 0.3) is 0 Å². The van der Waals surface area contributed by atoms with Gasteiger partial charge < -0.3 is 15.0 Å². The fourth-order valence-electron chi connectivity index (χ4n) is 1.51. The maximum Gasteiger partial charge on any atom is 0.321 e. The Morgan fingerprint density at radius 3 is 2.45 bits per heavy atom. The summed E-state index contributed by atoms with van der Waals surface area (Å²) >= 11 is 6.15. The van der Waals surface area contributed by atoms with E-state index in [0.29, 0.717) is 22.2 Å². The Hall–Kier alpha value is -2.20. The Kier molecular flexibility index (Phi) is 4.48. The van der Waals surface area contributed by atoms with E-state index in [4.69, 9.17) is 16.3 Å². The molecule has 0 unspecified atom stereocenters. The van der Waals surface area contributed by atoms with Crippen LogP contribution in [0.4, 0.5) is 10.5 Å². The summed E-state index contributed by atoms with van der Waals surface area (Å²) in [6.45, 7) is 0. The number of nitrogens with zero attached hydrogens (tertiary/aromatic N) is 1. The van der Waals surface area contributed by atoms with Gasteiger partial charge in [0.1, 0.15) is 11.5 Å². The van der Waals surface area contributed by atoms with Gasteiger partial charge in [0.2, 0.25) is 0 Å². The third kappa shape index (κ3) is 3.65. The number of nitrogens with one attached hydrogen (secondary N) is 1. The molecule has 0 aliphatic heterocycles. The van der Waals surface area contributed by atoms with Gasteiger partial charge in [-0.25, -0.2) is 4.79 Å². The number of hydrogen-bond acceptors (Lipinski definition) is 2. The van der Waals surface area contributed by atoms with Gasteiger partial charge in [0, 0.05) is 19.8 Å². The molecule has 20 heavy (non-hydrogen) atoms. The largest absolute Gasteiger partial charge is 0.456 e. The maximum absolute atomic E-state index is 11.5. The Morgan fingerprint density at radius 2 is 1.85 bits per heavy atom. The highest BCUT2D eigenvalue weighted by atomic mass is 35.5. The molecule has 0 spiro atoms. The second kappa shape index (κ2) is 6.30. The minimum Gasteiger partial charge on any atom is -0.456 e. The van der Waals surface area contributed by atoms with E-state index >= 15 is 0 Å². The first kappa shape index (κ1) is 14.2. The average Bonchev–Trinajstić information content (AvgIpc) is 2.43. The topological polar surface area (TPSA) is 41.6 Å². The number of benzene rings is 2. The van der Waals surface area contributed by atoms with Gasteiger partial charge in [-0.1, -0.05) is 29.8 Å². The molecule has 0 fully saturated rings. The van der Waals surface area contributed by atoms with Crippen molar-refractivity contribution in [2.75, 3.05) is 19.4 Å². The SMILES string of the molecule is CN(C)C(=O)Nc1ccc(Oc2ccccc2)c(Cl)c1. The lowest BCUT2D eigenvalue weighted by atomic mass is 10.3. The third-order valence-corrected chi connectivity index (χ3v) is 2.86. The molecule has 0 radical (unpaired) electrons. The maximum atomic E-state index is 11.5. The molecular formula is C15H15ClN2O2. The van der Waals surface area contributed by atoms with Gasteiger partial charge >= 0.3 is 6.03 Å². The highest BCUT2D eigenvalue weighted by Crippen LogP contribution is 2.31. The zero-order valence-corrected chi connectivity index (χ0v) is 12.0. The van der Waals surface area contributed by atoms with Crippen LogP contribution in [0.25, 0.3) is 0 Å². The van der Waals surface area contributed by atoms with Crippen LogP contribution in [0.1, 0.15) is 0 Å². The van der Waals surface area contributed by atoms with Crippen LogP contribution in [-0.2, 0) is 0 Å². The molecule has 2 aromatic carbocycles. The number of urea groups is 1. The van der Waals surface area contributed by atoms with E-state index in [2.05, 4.69) is 5.32 Å². The smallest absolute Gasteiger partial charge is 0.321 e. The summed E-state index contributed by atoms with van der Waals surface area (Å²) in [7, 11) is 3.34. The molecule has 0 aliphatic carbocycles. The number of carbonyl (C=O) groups excluding carboxylic acids is 1. The lowest BCUT2D eigenvalue weighted by Gasteiger charge is -2.13. The van der Waals surface area contributed by atoms with E-state index in [1.807, 2.05) is 30.3 Å². The van der Waals surface area contributed by atoms with Crippen molar-refractivity contribution in [3.8, 4) is 11.5 Å². The van der Waals surface area contributed by atoms with Crippen molar-refractivity contribution in [1.82, 2.24) is 4.90 Å². The summed E-state index contributed by atoms with van der Waals surface area (Å²) in [5.74, 6) is 1.25. The van der Waals surface area contributed by atoms with Crippen molar-refractivity contribution in [1.29, 1.82) is 0 Å². The number of amides is 2. The van der Waals surface area contributed by atoms with Crippen molar-refractivity contribution < 1.29 is 9.53 Å². The van der Waals surface area contributed by atoms with Gasteiger partial charge in [-0.15, -0.1) is 0 Å². The zero-order chi connectivity index (χ0) is 14.5. The molecule has 104 valence electrons. The molecule has 0 bridgehead atoms. The second-order valence-corrected chi connectivity index (χ2v) is 4.79. The molecule has 2 amide bonds. The summed E-state index contributed by atoms with van der Waals surface area (Å²) in [5, 5.41) is 3.16. The average molecular weight is 291 g/mol. The molecule has 0 heterocycles. The minimum absolute atomic E-state index is 0.210. The standard InChI is InChI=1S/C15H15ClN2O2/c1-18(2)15(19)17-11-8-9-14(13(16)10-11)20-12-6-4-3-5-7-12/h3-10H,1-2H3,(H,17,19). The van der Waals surface area contributed by atoms with Crippen molar-refractivity contribution in [2.24, 2.45) is 0 Å². The first-order valence-electron chi connectivity index (χ1n) is 6.07. The molecule has 0 saturated heterocycles. The second-order valence-electron chi connectivity index (χ2n) is 4.38. The normalized spacial score (nSPS) is 9.95. The lowest BCUT2D eigenvalue weighted by Crippen LogP contribution is -2.27. The predicted molar refractivity (Wildman–Crippen MR) is 80.7 cm³/mol. The molecular weight excluding hydrogens is 276 g/mol. The highest BCUT2D eigenvalue weighted by Gasteiger charge is 2.08. The molecule has 5 heteroatoms. The highest BCUT2D eigenvalue weighted by molar-refractivity contribution is 6.32. The number of halogens is 1. The number of rotatable bonds is 3. The third-order valence-electron chi connectivity index (χ3n) is 2.56. The van der Waals surface area contributed by atoms with Crippen LogP contribution >= 0.6 is 11.6 Å². The summed E-state index contributed by atoms with van der Waals surface area (Å²) in [6.07, 6.45) is 0. The summed E-state index contributed by atoms with van der Waals surface area (Å²) in [5.41, 5.74) is 0.620. The van der Waals surface area contributed by atoms with Crippen LogP contribution in [0, 0.1) is 0 Å². The molecule has 1 N–H and O–H groups in total. The number of hydrogen-bond donors (Lipinski definition) is 1. The van der Waals surface area contributed by atoms with Gasteiger partial charge in [-0.05, 0) is 30.3 Å². The number of para-hydroxylation sites is 1. The van der Waals surface area contributed by atoms with Crippen molar-refractivity contribution >= 4 is 23.3 Å². The predicted octanol–water partition coefficient (Wildman–Crippen LogP) is 4.23. The van der Waals surface area contributed by atoms with Gasteiger partial charge in [0.05, 0.1) is 5.02 Å². The van der Waals surface area contributed by atoms with E-state index in [9.17, 15) is 4.79 Å². The van der Waals surface area contributed by atoms with Crippen LogP contribution in [0.3, 0.4) is 0 Å². The first-order chi connectivity index (χ1) is 9.56. The van der Waals surface area contributed by atoms with Gasteiger partial charge in [0.15, 0.2) is 0 Å². The number of anilines is 1. The minimum atomic E-state index is -0.210. The Morgan fingerprint density at radius 1 is 1.15 bits per heavy atom. The Bertz CT molecular complexity index is 600. The van der Waals surface area contributed by atoms with Crippen LogP contribution in [-0.4, -0.2) is 25.0 Å². The summed E-state index contributed by atoms with van der Waals surface area (Å²) < 4.78 is 5.66. The molecule has 4 nitrogen and oxygen atoms in total. The fraction of sp³-hybridized carbons (Fsp3) is 0.133. The van der Waals surface area contributed by atoms with E-state index < -0.39 is 0 Å². The lowest BCUT2D eigenvalue weighted by molar-refractivity contribution is 0.230. The molecule has 0 aliphatic rings. The van der Waals surface area contributed by atoms with E-state index in [0.717, 1.165) is 0 Å². The first-order valence-corrected chi connectivity index (χ1v) is 6.45. The van der Waals surface area contributed by atoms with Crippen molar-refractivity contribution in [3.05, 3.63) is 53.6 Å². The molecule has 0 saturated carbocycles. The van der Waals surface area contributed by atoms with Crippen LogP contribution in [0.5, 0.6) is 11.5 Å². The number of ether oxygens (including phenoxy) is 1. The van der Waals surface area contributed by atoms with Crippen LogP contribution < -0.4 is 10.1 Å². The van der Waals surface area contributed by atoms with E-state index in [1.165, 1.54) is 4.90 Å². The fourth-order valence-corrected chi connectivity index (χ4v) is 1.73. The quantitative estimate of drug-likeness (QED) is 0.919. The molecule has 2 rings (SSSR count). The molecule has 2 aromatic rings. The summed E-state index contributed by atoms with van der Waals surface area (Å²) in [4.78, 5) is 13.0. The molecule has 0 aromatic heterocycles. The Labute approximate surface area is 122 Å². The van der Waals surface area contributed by atoms with Crippen LogP contribution in [0.2, 0.25) is 5.02 Å². The number of carbonyl (C=O) groups is 1. The van der Waals surface area contributed by atoms with Gasteiger partial charge in [-0.3, -0.25) is 0 Å². The van der Waals surface area contributed by atoms with E-state index in [1.54, 1.807) is 32.3 Å². The Balaban J connectivity index is 2.12. The zero-order valence-electron chi connectivity index (χ0n) is 11.3. The van der Waals surface area contributed by atoms with Crippen molar-refractivity contribution in [2.45, 2.75) is 0 Å². The van der Waals surface area contributed by atoms with Crippen molar-refractivity contribution in [3.63, 3.8) is 0 Å². The molecule has 0 atom stereocenters. The van der Waals surface area contributed by atoms with E-state index in [-0.39, 0.29) is 6.03 Å². The summed E-state index contributed by atoms with van der Waals surface area (Å²) in [6, 6.07) is 14.3. The van der Waals surface area contributed by atoms with Gasteiger partial charge in [-0.2, -0.15) is 0 Å². The van der Waals surface area contributed by atoms with Crippen LogP contribution in [0.15, 0.2) is 48.5 Å². The monoisotopic (exact) mass is 290 g/mol.